The molecule has 0 saturated heterocycles. The lowest BCUT2D eigenvalue weighted by Crippen LogP contribution is -1.93. The number of hydrogen-bond acceptors (Lipinski definition) is 3. The van der Waals surface area contributed by atoms with E-state index in [2.05, 4.69) is 16.9 Å². The fraction of sp³-hybridized carbons (Fsp3) is 0.455. The Morgan fingerprint density at radius 3 is 3.13 bits per heavy atom. The van der Waals surface area contributed by atoms with Gasteiger partial charge in [0.25, 0.3) is 0 Å². The van der Waals surface area contributed by atoms with Gasteiger partial charge in [-0.3, -0.25) is 0 Å². The van der Waals surface area contributed by atoms with Crippen LogP contribution in [0, 0.1) is 4.64 Å². The molecule has 0 radical (unpaired) electrons. The molecule has 78 valence electrons. The van der Waals surface area contributed by atoms with Gasteiger partial charge in [-0.25, -0.2) is 4.98 Å². The van der Waals surface area contributed by atoms with Gasteiger partial charge in [0.2, 0.25) is 0 Å². The summed E-state index contributed by atoms with van der Waals surface area (Å²) in [4.78, 5) is 10.5. The zero-order valence-electron chi connectivity index (χ0n) is 8.59. The highest BCUT2D eigenvalue weighted by Gasteiger charge is 2.19. The molecule has 1 aliphatic carbocycles. The van der Waals surface area contributed by atoms with Gasteiger partial charge in [-0.2, -0.15) is 0 Å². The lowest BCUT2D eigenvalue weighted by molar-refractivity contribution is 0.914. The first-order valence-corrected chi connectivity index (χ1v) is 6.55. The Labute approximate surface area is 97.4 Å². The van der Waals surface area contributed by atoms with Crippen molar-refractivity contribution in [1.29, 1.82) is 0 Å². The Bertz CT molecular complexity index is 580. The second-order valence-electron chi connectivity index (χ2n) is 3.90. The summed E-state index contributed by atoms with van der Waals surface area (Å²) in [7, 11) is 0. The number of nitrogens with one attached hydrogen (secondary N) is 1. The number of hydrogen-bond donors (Lipinski definition) is 1. The van der Waals surface area contributed by atoms with Crippen LogP contribution in [0.5, 0.6) is 0 Å². The molecule has 1 N–H and O–H groups in total. The minimum Gasteiger partial charge on any atom is -0.334 e. The van der Waals surface area contributed by atoms with Crippen LogP contribution in [-0.4, -0.2) is 9.97 Å². The van der Waals surface area contributed by atoms with Gasteiger partial charge in [-0.1, -0.05) is 19.1 Å². The molecule has 0 atom stereocenters. The van der Waals surface area contributed by atoms with Crippen molar-refractivity contribution >= 4 is 33.8 Å². The summed E-state index contributed by atoms with van der Waals surface area (Å²) in [6, 6.07) is 0. The molecule has 0 aliphatic heterocycles. The highest BCUT2D eigenvalue weighted by atomic mass is 32.1. The Balaban J connectivity index is 2.39. The van der Waals surface area contributed by atoms with Crippen LogP contribution in [-0.2, 0) is 19.3 Å². The number of H-pyrrole nitrogens is 1. The summed E-state index contributed by atoms with van der Waals surface area (Å²) >= 11 is 7.25. The molecule has 0 amide bonds. The average Bonchev–Trinajstić information content (AvgIpc) is 2.75. The van der Waals surface area contributed by atoms with Crippen LogP contribution in [0.25, 0.3) is 10.2 Å². The number of aryl methyl sites for hydroxylation is 3. The maximum Gasteiger partial charge on any atom is 0.128 e. The van der Waals surface area contributed by atoms with Crippen LogP contribution in [0.2, 0.25) is 0 Å². The first-order valence-electron chi connectivity index (χ1n) is 5.33. The number of thiophene rings is 1. The van der Waals surface area contributed by atoms with Crippen molar-refractivity contribution in [2.75, 3.05) is 0 Å². The van der Waals surface area contributed by atoms with E-state index in [0.717, 1.165) is 21.7 Å². The van der Waals surface area contributed by atoms with Crippen LogP contribution in [0.3, 0.4) is 0 Å². The summed E-state index contributed by atoms with van der Waals surface area (Å²) in [6.45, 7) is 2.10. The fourth-order valence-electron chi connectivity index (χ4n) is 2.21. The maximum atomic E-state index is 5.41. The molecule has 0 fully saturated rings. The van der Waals surface area contributed by atoms with E-state index in [-0.39, 0.29) is 0 Å². The number of aromatic nitrogens is 2. The highest BCUT2D eigenvalue weighted by molar-refractivity contribution is 7.71. The van der Waals surface area contributed by atoms with Crippen LogP contribution in [0.4, 0.5) is 0 Å². The maximum absolute atomic E-state index is 5.41. The van der Waals surface area contributed by atoms with Crippen molar-refractivity contribution in [1.82, 2.24) is 9.97 Å². The SMILES string of the molecule is CCc1nc2sc3c(c2c(=S)[nH]1)CCC3. The molecule has 2 aromatic heterocycles. The fourth-order valence-corrected chi connectivity index (χ4v) is 3.91. The molecule has 2 aromatic rings. The van der Waals surface area contributed by atoms with Crippen LogP contribution in [0.1, 0.15) is 29.6 Å². The van der Waals surface area contributed by atoms with Gasteiger partial charge in [0.05, 0.1) is 0 Å². The molecule has 0 aromatic carbocycles. The molecule has 15 heavy (non-hydrogen) atoms. The van der Waals surface area contributed by atoms with Crippen molar-refractivity contribution in [3.8, 4) is 0 Å². The molecular formula is C11H12N2S2. The zero-order valence-corrected chi connectivity index (χ0v) is 10.2. The van der Waals surface area contributed by atoms with Crippen LogP contribution in [0.15, 0.2) is 0 Å². The number of rotatable bonds is 1. The minimum absolute atomic E-state index is 0.885. The van der Waals surface area contributed by atoms with E-state index >= 15 is 0 Å². The lowest BCUT2D eigenvalue weighted by Gasteiger charge is -1.98. The summed E-state index contributed by atoms with van der Waals surface area (Å²) in [5.74, 6) is 1.01. The number of aromatic amines is 1. The smallest absolute Gasteiger partial charge is 0.128 e. The summed E-state index contributed by atoms with van der Waals surface area (Å²) in [5.41, 5.74) is 1.46. The first-order chi connectivity index (χ1) is 7.29. The van der Waals surface area contributed by atoms with E-state index in [1.807, 2.05) is 11.3 Å². The summed E-state index contributed by atoms with van der Waals surface area (Å²) in [6.07, 6.45) is 4.59. The van der Waals surface area contributed by atoms with E-state index < -0.39 is 0 Å². The van der Waals surface area contributed by atoms with Crippen molar-refractivity contribution in [3.63, 3.8) is 0 Å². The third-order valence-electron chi connectivity index (χ3n) is 2.96. The Kier molecular flexibility index (Phi) is 2.14. The van der Waals surface area contributed by atoms with Crippen molar-refractivity contribution in [2.24, 2.45) is 0 Å². The van der Waals surface area contributed by atoms with E-state index in [4.69, 9.17) is 12.2 Å². The predicted octanol–water partition coefficient (Wildman–Crippen LogP) is 3.40. The van der Waals surface area contributed by atoms with Crippen LogP contribution >= 0.6 is 23.6 Å². The lowest BCUT2D eigenvalue weighted by atomic mass is 10.2. The largest absolute Gasteiger partial charge is 0.334 e. The molecule has 0 unspecified atom stereocenters. The normalized spacial score (nSPS) is 14.7. The molecule has 0 spiro atoms. The van der Waals surface area contributed by atoms with Crippen molar-refractivity contribution in [2.45, 2.75) is 32.6 Å². The van der Waals surface area contributed by atoms with Gasteiger partial charge in [-0.15, -0.1) is 11.3 Å². The van der Waals surface area contributed by atoms with E-state index in [1.165, 1.54) is 35.1 Å². The Hall–Kier alpha value is -0.740. The zero-order chi connectivity index (χ0) is 10.4. The van der Waals surface area contributed by atoms with Crippen molar-refractivity contribution in [3.05, 3.63) is 20.9 Å². The molecular weight excluding hydrogens is 224 g/mol. The van der Waals surface area contributed by atoms with E-state index in [1.54, 1.807) is 0 Å². The van der Waals surface area contributed by atoms with Gasteiger partial charge in [0.1, 0.15) is 15.3 Å². The number of fused-ring (bicyclic) bond motifs is 3. The van der Waals surface area contributed by atoms with Crippen LogP contribution < -0.4 is 0 Å². The minimum atomic E-state index is 0.885. The molecule has 0 saturated carbocycles. The van der Waals surface area contributed by atoms with E-state index in [9.17, 15) is 0 Å². The van der Waals surface area contributed by atoms with Crippen molar-refractivity contribution < 1.29 is 0 Å². The quantitative estimate of drug-likeness (QED) is 0.769. The first kappa shape index (κ1) is 9.48. The topological polar surface area (TPSA) is 28.7 Å². The predicted molar refractivity (Wildman–Crippen MR) is 66.2 cm³/mol. The monoisotopic (exact) mass is 236 g/mol. The van der Waals surface area contributed by atoms with Gasteiger partial charge < -0.3 is 4.98 Å². The third-order valence-corrected chi connectivity index (χ3v) is 4.45. The van der Waals surface area contributed by atoms with Gasteiger partial charge in [-0.05, 0) is 24.8 Å². The second-order valence-corrected chi connectivity index (χ2v) is 5.40. The molecule has 1 aliphatic rings. The molecule has 4 heteroatoms. The Morgan fingerprint density at radius 2 is 2.33 bits per heavy atom. The van der Waals surface area contributed by atoms with Gasteiger partial charge in [0, 0.05) is 16.7 Å². The molecule has 2 heterocycles. The standard InChI is InChI=1S/C11H12N2S2/c1-2-8-12-10(14)9-6-4-3-5-7(6)15-11(9)13-8/h2-5H2,1H3,(H,12,13,14). The molecule has 0 bridgehead atoms. The second kappa shape index (κ2) is 3.39. The molecule has 2 nitrogen and oxygen atoms in total. The van der Waals surface area contributed by atoms with Gasteiger partial charge >= 0.3 is 0 Å². The summed E-state index contributed by atoms with van der Waals surface area (Å²) < 4.78 is 0.885. The molecule has 3 rings (SSSR count). The average molecular weight is 236 g/mol. The number of nitrogens with zero attached hydrogens (tertiary/aromatic N) is 1. The third kappa shape index (κ3) is 1.35. The summed E-state index contributed by atoms with van der Waals surface area (Å²) in [5, 5.41) is 1.22. The van der Waals surface area contributed by atoms with Gasteiger partial charge in [0.15, 0.2) is 0 Å². The Morgan fingerprint density at radius 1 is 1.47 bits per heavy atom. The van der Waals surface area contributed by atoms with E-state index in [0.29, 0.717) is 0 Å². The highest BCUT2D eigenvalue weighted by Crippen LogP contribution is 2.36.